The molecule has 0 saturated heterocycles. The third kappa shape index (κ3) is 6.71. The van der Waals surface area contributed by atoms with E-state index in [1.54, 1.807) is 50.4 Å². The average molecular weight is 613 g/mol. The van der Waals surface area contributed by atoms with E-state index in [9.17, 15) is 24.3 Å². The summed E-state index contributed by atoms with van der Waals surface area (Å²) in [6, 6.07) is 11.3. The number of fused-ring (bicyclic) bond motifs is 1. The Morgan fingerprint density at radius 3 is 2.33 bits per heavy atom. The van der Waals surface area contributed by atoms with E-state index in [-0.39, 0.29) is 41.9 Å². The Bertz CT molecular complexity index is 1790. The van der Waals surface area contributed by atoms with Gasteiger partial charge in [-0.15, -0.1) is 0 Å². The SMILES string of the molecule is Cc1ccc(C(=O)NC2CC2)cc1N(C(=O)OCOC(=O)Cc1ccc(O)cc1)c1ncnn2cc(C(=O)NC3CC3)c(C)c12. The lowest BCUT2D eigenvalue weighted by Crippen LogP contribution is -2.31. The molecule has 0 radical (unpaired) electrons. The summed E-state index contributed by atoms with van der Waals surface area (Å²) in [7, 11) is 0. The van der Waals surface area contributed by atoms with Crippen LogP contribution in [0, 0.1) is 13.8 Å². The van der Waals surface area contributed by atoms with Gasteiger partial charge in [-0.2, -0.15) is 5.10 Å². The summed E-state index contributed by atoms with van der Waals surface area (Å²) in [6.45, 7) is 2.82. The summed E-state index contributed by atoms with van der Waals surface area (Å²) in [5.74, 6) is -1.00. The molecule has 0 bridgehead atoms. The van der Waals surface area contributed by atoms with Gasteiger partial charge in [0.25, 0.3) is 11.8 Å². The summed E-state index contributed by atoms with van der Waals surface area (Å²) in [4.78, 5) is 57.8. The molecular weight excluding hydrogens is 580 g/mol. The number of anilines is 2. The first kappa shape index (κ1) is 29.6. The van der Waals surface area contributed by atoms with Crippen LogP contribution in [0.1, 0.15) is 63.1 Å². The average Bonchev–Trinajstić information content (AvgIpc) is 3.96. The maximum atomic E-state index is 13.8. The number of aromatic nitrogens is 3. The van der Waals surface area contributed by atoms with Crippen molar-refractivity contribution in [2.75, 3.05) is 11.7 Å². The molecule has 2 aromatic heterocycles. The van der Waals surface area contributed by atoms with Gasteiger partial charge in [-0.05, 0) is 80.5 Å². The summed E-state index contributed by atoms with van der Waals surface area (Å²) in [5.41, 5.74) is 3.19. The molecule has 2 aromatic carbocycles. The quantitative estimate of drug-likeness (QED) is 0.178. The predicted octanol–water partition coefficient (Wildman–Crippen LogP) is 3.85. The van der Waals surface area contributed by atoms with Crippen molar-refractivity contribution in [3.8, 4) is 5.75 Å². The fraction of sp³-hybridized carbons (Fsp3) is 0.312. The number of hydrogen-bond acceptors (Lipinski definition) is 9. The lowest BCUT2D eigenvalue weighted by molar-refractivity contribution is -0.150. The number of nitrogens with zero attached hydrogens (tertiary/aromatic N) is 4. The highest BCUT2D eigenvalue weighted by atomic mass is 16.7. The normalized spacial score (nSPS) is 14.1. The number of nitrogens with one attached hydrogen (secondary N) is 2. The number of amides is 3. The number of benzene rings is 2. The molecule has 13 heteroatoms. The molecular formula is C32H32N6O7. The number of esters is 1. The molecule has 0 atom stereocenters. The second-order valence-corrected chi connectivity index (χ2v) is 11.3. The van der Waals surface area contributed by atoms with E-state index in [1.165, 1.54) is 27.9 Å². The van der Waals surface area contributed by atoms with Crippen molar-refractivity contribution in [3.05, 3.63) is 82.8 Å². The molecule has 13 nitrogen and oxygen atoms in total. The van der Waals surface area contributed by atoms with Crippen LogP contribution in [0.3, 0.4) is 0 Å². The largest absolute Gasteiger partial charge is 0.508 e. The van der Waals surface area contributed by atoms with Gasteiger partial charge in [0.15, 0.2) is 5.82 Å². The molecule has 2 aliphatic carbocycles. The molecule has 45 heavy (non-hydrogen) atoms. The van der Waals surface area contributed by atoms with E-state index in [0.717, 1.165) is 25.7 Å². The molecule has 0 aliphatic heterocycles. The van der Waals surface area contributed by atoms with Crippen LogP contribution in [-0.2, 0) is 20.7 Å². The van der Waals surface area contributed by atoms with Crippen LogP contribution in [0.15, 0.2) is 55.0 Å². The van der Waals surface area contributed by atoms with Gasteiger partial charge in [-0.25, -0.2) is 19.2 Å². The molecule has 4 aromatic rings. The van der Waals surface area contributed by atoms with E-state index in [4.69, 9.17) is 9.47 Å². The minimum absolute atomic E-state index is 0.0678. The molecule has 6 rings (SSSR count). The van der Waals surface area contributed by atoms with Gasteiger partial charge in [0, 0.05) is 23.8 Å². The van der Waals surface area contributed by atoms with Crippen molar-refractivity contribution in [1.82, 2.24) is 25.2 Å². The molecule has 3 amide bonds. The van der Waals surface area contributed by atoms with E-state index >= 15 is 0 Å². The minimum atomic E-state index is -0.930. The molecule has 0 spiro atoms. The number of aromatic hydroxyl groups is 1. The number of carbonyl (C=O) groups is 4. The van der Waals surface area contributed by atoms with Crippen LogP contribution in [0.25, 0.3) is 5.52 Å². The Morgan fingerprint density at radius 1 is 0.956 bits per heavy atom. The van der Waals surface area contributed by atoms with Gasteiger partial charge in [0.05, 0.1) is 17.7 Å². The fourth-order valence-electron chi connectivity index (χ4n) is 4.85. The Balaban J connectivity index is 1.31. The smallest absolute Gasteiger partial charge is 0.423 e. The van der Waals surface area contributed by atoms with Crippen LogP contribution in [0.4, 0.5) is 16.3 Å². The lowest BCUT2D eigenvalue weighted by atomic mass is 10.1. The molecule has 3 N–H and O–H groups in total. The van der Waals surface area contributed by atoms with Gasteiger partial charge < -0.3 is 25.2 Å². The first-order chi connectivity index (χ1) is 21.7. The van der Waals surface area contributed by atoms with Crippen LogP contribution < -0.4 is 15.5 Å². The van der Waals surface area contributed by atoms with Crippen molar-refractivity contribution in [2.24, 2.45) is 0 Å². The zero-order valence-corrected chi connectivity index (χ0v) is 24.8. The summed E-state index contributed by atoms with van der Waals surface area (Å²) in [5, 5.41) is 19.7. The maximum absolute atomic E-state index is 13.8. The van der Waals surface area contributed by atoms with Gasteiger partial charge in [-0.1, -0.05) is 18.2 Å². The Labute approximate surface area is 258 Å². The third-order valence-corrected chi connectivity index (χ3v) is 7.67. The Hall–Kier alpha value is -5.46. The van der Waals surface area contributed by atoms with Crippen LogP contribution in [-0.4, -0.2) is 62.5 Å². The van der Waals surface area contributed by atoms with E-state index in [0.29, 0.717) is 39.0 Å². The second kappa shape index (κ2) is 12.3. The molecule has 2 fully saturated rings. The Morgan fingerprint density at radius 2 is 1.64 bits per heavy atom. The first-order valence-electron chi connectivity index (χ1n) is 14.6. The molecule has 2 saturated carbocycles. The van der Waals surface area contributed by atoms with E-state index < -0.39 is 18.9 Å². The Kier molecular flexibility index (Phi) is 8.07. The van der Waals surface area contributed by atoms with Crippen molar-refractivity contribution in [3.63, 3.8) is 0 Å². The highest BCUT2D eigenvalue weighted by Gasteiger charge is 2.31. The van der Waals surface area contributed by atoms with Crippen LogP contribution in [0.5, 0.6) is 5.75 Å². The number of carbonyl (C=O) groups excluding carboxylic acids is 4. The van der Waals surface area contributed by atoms with E-state index in [1.807, 2.05) is 0 Å². The van der Waals surface area contributed by atoms with E-state index in [2.05, 4.69) is 20.7 Å². The minimum Gasteiger partial charge on any atom is -0.508 e. The topological polar surface area (TPSA) is 164 Å². The van der Waals surface area contributed by atoms with Gasteiger partial charge in [0.1, 0.15) is 17.6 Å². The number of aryl methyl sites for hydroxylation is 2. The molecule has 232 valence electrons. The monoisotopic (exact) mass is 612 g/mol. The van der Waals surface area contributed by atoms with Crippen LogP contribution >= 0.6 is 0 Å². The maximum Gasteiger partial charge on any atom is 0.423 e. The fourth-order valence-corrected chi connectivity index (χ4v) is 4.85. The highest BCUT2D eigenvalue weighted by molar-refractivity contribution is 6.05. The summed E-state index contributed by atoms with van der Waals surface area (Å²) < 4.78 is 12.1. The number of rotatable bonds is 10. The first-order valence-corrected chi connectivity index (χ1v) is 14.6. The lowest BCUT2D eigenvalue weighted by Gasteiger charge is -2.24. The van der Waals surface area contributed by atoms with Gasteiger partial charge >= 0.3 is 12.1 Å². The molecule has 2 heterocycles. The van der Waals surface area contributed by atoms with Crippen molar-refractivity contribution < 1.29 is 33.8 Å². The van der Waals surface area contributed by atoms with Crippen molar-refractivity contribution in [1.29, 1.82) is 0 Å². The number of phenols is 1. The van der Waals surface area contributed by atoms with Gasteiger partial charge in [0.2, 0.25) is 6.79 Å². The highest BCUT2D eigenvalue weighted by Crippen LogP contribution is 2.34. The second-order valence-electron chi connectivity index (χ2n) is 11.3. The van der Waals surface area contributed by atoms with Crippen molar-refractivity contribution in [2.45, 2.75) is 58.0 Å². The molecule has 2 aliphatic rings. The summed E-state index contributed by atoms with van der Waals surface area (Å²) >= 11 is 0. The zero-order chi connectivity index (χ0) is 31.7. The zero-order valence-electron chi connectivity index (χ0n) is 24.8. The number of phenolic OH excluding ortho intramolecular Hbond substituents is 1. The third-order valence-electron chi connectivity index (χ3n) is 7.67. The number of ether oxygens (including phenoxy) is 2. The van der Waals surface area contributed by atoms with Gasteiger partial charge in [-0.3, -0.25) is 14.4 Å². The number of hydrogen-bond donors (Lipinski definition) is 3. The van der Waals surface area contributed by atoms with Crippen molar-refractivity contribution >= 4 is 40.9 Å². The predicted molar refractivity (Wildman–Crippen MR) is 161 cm³/mol. The molecule has 0 unspecified atom stereocenters. The standard InChI is InChI=1S/C32H32N6O7/c1-18-3-6-21(30(41)35-22-7-8-22)14-26(18)38(32(43)45-17-44-27(40)13-20-4-11-24(39)12-5-20)29-28-19(2)25(15-37(28)34-16-33-29)31(42)36-23-9-10-23/h3-6,11-12,14-16,22-23,39H,7-10,13,17H2,1-2H3,(H,35,41)(H,36,42). The summed E-state index contributed by atoms with van der Waals surface area (Å²) in [6.07, 6.45) is 5.48. The van der Waals surface area contributed by atoms with Crippen LogP contribution in [0.2, 0.25) is 0 Å².